The molecule has 166 valence electrons. The van der Waals surface area contributed by atoms with Crippen molar-refractivity contribution >= 4 is 33.6 Å². The highest BCUT2D eigenvalue weighted by Crippen LogP contribution is 2.30. The lowest BCUT2D eigenvalue weighted by Crippen LogP contribution is -2.37. The van der Waals surface area contributed by atoms with Crippen LogP contribution in [0.4, 0.5) is 10.5 Å². The van der Waals surface area contributed by atoms with Crippen molar-refractivity contribution in [1.29, 1.82) is 0 Å². The molecule has 0 aromatic heterocycles. The molecule has 7 nitrogen and oxygen atoms in total. The Morgan fingerprint density at radius 2 is 1.75 bits per heavy atom. The molecule has 2 amide bonds. The number of alkyl carbamates (subject to hydrolysis) is 1. The molecule has 0 aliphatic heterocycles. The number of rotatable bonds is 8. The van der Waals surface area contributed by atoms with E-state index >= 15 is 0 Å². The number of carbonyl (C=O) groups excluding carboxylic acids is 2. The smallest absolute Gasteiger partial charge is 0.408 e. The fourth-order valence-electron chi connectivity index (χ4n) is 3.08. The molecule has 0 spiro atoms. The number of anilines is 1. The first-order valence-electron chi connectivity index (χ1n) is 9.90. The zero-order chi connectivity index (χ0) is 22.9. The number of halogens is 1. The monoisotopic (exact) mass is 497 g/mol. The molecule has 3 aromatic rings. The largest absolute Gasteiger partial charge is 0.496 e. The van der Waals surface area contributed by atoms with E-state index < -0.39 is 18.0 Å². The Morgan fingerprint density at radius 3 is 2.47 bits per heavy atom. The van der Waals surface area contributed by atoms with E-state index in [1.165, 1.54) is 7.11 Å². The molecule has 0 heterocycles. The minimum absolute atomic E-state index is 0.0804. The molecule has 0 fully saturated rings. The first-order valence-corrected chi connectivity index (χ1v) is 10.7. The summed E-state index contributed by atoms with van der Waals surface area (Å²) in [5, 5.41) is 5.48. The van der Waals surface area contributed by atoms with Gasteiger partial charge in [-0.1, -0.05) is 64.5 Å². The second-order valence-electron chi connectivity index (χ2n) is 6.92. The van der Waals surface area contributed by atoms with Gasteiger partial charge < -0.3 is 25.8 Å². The first kappa shape index (κ1) is 23.3. The van der Waals surface area contributed by atoms with E-state index in [1.54, 1.807) is 36.4 Å². The van der Waals surface area contributed by atoms with E-state index in [9.17, 15) is 9.59 Å². The van der Waals surface area contributed by atoms with Gasteiger partial charge in [0.2, 0.25) is 0 Å². The number of methoxy groups -OCH3 is 1. The van der Waals surface area contributed by atoms with Gasteiger partial charge in [0, 0.05) is 22.3 Å². The molecule has 3 aromatic carbocycles. The number of amides is 2. The van der Waals surface area contributed by atoms with Crippen LogP contribution in [0.3, 0.4) is 0 Å². The van der Waals surface area contributed by atoms with Crippen LogP contribution in [-0.2, 0) is 22.7 Å². The minimum Gasteiger partial charge on any atom is -0.496 e. The molecule has 0 radical (unpaired) electrons. The maximum absolute atomic E-state index is 13.2. The molecule has 8 heteroatoms. The van der Waals surface area contributed by atoms with Crippen LogP contribution in [0, 0.1) is 0 Å². The molecule has 4 N–H and O–H groups in total. The van der Waals surface area contributed by atoms with Crippen LogP contribution in [0.2, 0.25) is 0 Å². The van der Waals surface area contributed by atoms with E-state index in [0.717, 1.165) is 15.6 Å². The Kier molecular flexibility index (Phi) is 8.24. The number of hydrogen-bond acceptors (Lipinski definition) is 5. The molecule has 1 atom stereocenters. The lowest BCUT2D eigenvalue weighted by atomic mass is 10.0. The van der Waals surface area contributed by atoms with Crippen molar-refractivity contribution in [3.63, 3.8) is 0 Å². The second-order valence-corrected chi connectivity index (χ2v) is 7.83. The fraction of sp³-hybridized carbons (Fsp3) is 0.167. The van der Waals surface area contributed by atoms with Crippen molar-refractivity contribution in [2.24, 2.45) is 5.73 Å². The zero-order valence-electron chi connectivity index (χ0n) is 17.5. The summed E-state index contributed by atoms with van der Waals surface area (Å²) in [5.41, 5.74) is 8.45. The highest BCUT2D eigenvalue weighted by molar-refractivity contribution is 9.10. The van der Waals surface area contributed by atoms with Crippen LogP contribution in [0.5, 0.6) is 5.75 Å². The summed E-state index contributed by atoms with van der Waals surface area (Å²) in [6, 6.07) is 20.6. The SMILES string of the molecule is COc1cc(Br)ccc1[C@@H](NC(=O)OCc1ccccc1)C(=O)Nc1cccc(CN)c1. The maximum Gasteiger partial charge on any atom is 0.408 e. The summed E-state index contributed by atoms with van der Waals surface area (Å²) >= 11 is 3.39. The summed E-state index contributed by atoms with van der Waals surface area (Å²) in [5.74, 6) is -0.00458. The minimum atomic E-state index is -1.05. The Labute approximate surface area is 195 Å². The van der Waals surface area contributed by atoms with E-state index in [-0.39, 0.29) is 6.61 Å². The standard InChI is InChI=1S/C24H24BrN3O4/c1-31-21-13-18(25)10-11-20(21)22(23(29)27-19-9-5-8-17(12-19)14-26)28-24(30)32-15-16-6-3-2-4-7-16/h2-13,22H,14-15,26H2,1H3,(H,27,29)(H,28,30)/t22-/m1/s1. The van der Waals surface area contributed by atoms with Crippen molar-refractivity contribution in [2.75, 3.05) is 12.4 Å². The topological polar surface area (TPSA) is 103 Å². The van der Waals surface area contributed by atoms with E-state index in [0.29, 0.717) is 23.5 Å². The Hall–Kier alpha value is -3.36. The van der Waals surface area contributed by atoms with Crippen molar-refractivity contribution in [3.8, 4) is 5.75 Å². The second kappa shape index (κ2) is 11.3. The van der Waals surface area contributed by atoms with Crippen LogP contribution in [-0.4, -0.2) is 19.1 Å². The quantitative estimate of drug-likeness (QED) is 0.424. The molecule has 32 heavy (non-hydrogen) atoms. The average molecular weight is 498 g/mol. The maximum atomic E-state index is 13.2. The zero-order valence-corrected chi connectivity index (χ0v) is 19.1. The molecule has 0 aliphatic rings. The first-order chi connectivity index (χ1) is 15.5. The molecule has 3 rings (SSSR count). The lowest BCUT2D eigenvalue weighted by Gasteiger charge is -2.21. The summed E-state index contributed by atoms with van der Waals surface area (Å²) in [6.45, 7) is 0.425. The average Bonchev–Trinajstić information content (AvgIpc) is 2.82. The van der Waals surface area contributed by atoms with Crippen LogP contribution in [0.1, 0.15) is 22.7 Å². The van der Waals surface area contributed by atoms with Gasteiger partial charge in [-0.05, 0) is 35.4 Å². The molecule has 0 saturated heterocycles. The fourth-order valence-corrected chi connectivity index (χ4v) is 3.42. The van der Waals surface area contributed by atoms with Gasteiger partial charge in [-0.15, -0.1) is 0 Å². The number of benzene rings is 3. The predicted octanol–water partition coefficient (Wildman–Crippen LogP) is 4.52. The highest BCUT2D eigenvalue weighted by atomic mass is 79.9. The van der Waals surface area contributed by atoms with Gasteiger partial charge in [-0.2, -0.15) is 0 Å². The van der Waals surface area contributed by atoms with Gasteiger partial charge in [0.15, 0.2) is 0 Å². The van der Waals surface area contributed by atoms with Gasteiger partial charge in [-0.25, -0.2) is 4.79 Å². The van der Waals surface area contributed by atoms with Gasteiger partial charge >= 0.3 is 6.09 Å². The predicted molar refractivity (Wildman–Crippen MR) is 126 cm³/mol. The van der Waals surface area contributed by atoms with Crippen LogP contribution < -0.4 is 21.1 Å². The van der Waals surface area contributed by atoms with Gasteiger partial charge in [0.1, 0.15) is 18.4 Å². The van der Waals surface area contributed by atoms with E-state index in [4.69, 9.17) is 15.2 Å². The van der Waals surface area contributed by atoms with Crippen molar-refractivity contribution < 1.29 is 19.1 Å². The van der Waals surface area contributed by atoms with Gasteiger partial charge in [-0.3, -0.25) is 4.79 Å². The van der Waals surface area contributed by atoms with E-state index in [2.05, 4.69) is 26.6 Å². The van der Waals surface area contributed by atoms with Crippen molar-refractivity contribution in [1.82, 2.24) is 5.32 Å². The molecule has 0 bridgehead atoms. The summed E-state index contributed by atoms with van der Waals surface area (Å²) < 4.78 is 11.5. The number of nitrogens with two attached hydrogens (primary N) is 1. The molecule has 0 unspecified atom stereocenters. The van der Waals surface area contributed by atoms with Crippen molar-refractivity contribution in [3.05, 3.63) is 94.0 Å². The number of nitrogens with one attached hydrogen (secondary N) is 2. The molecular formula is C24H24BrN3O4. The molecule has 0 aliphatic carbocycles. The lowest BCUT2D eigenvalue weighted by molar-refractivity contribution is -0.118. The number of carbonyl (C=O) groups is 2. The Balaban J connectivity index is 1.82. The van der Waals surface area contributed by atoms with E-state index in [1.807, 2.05) is 36.4 Å². The van der Waals surface area contributed by atoms with Crippen LogP contribution in [0.25, 0.3) is 0 Å². The van der Waals surface area contributed by atoms with Crippen molar-refractivity contribution in [2.45, 2.75) is 19.2 Å². The normalized spacial score (nSPS) is 11.3. The third-order valence-electron chi connectivity index (χ3n) is 4.67. The Morgan fingerprint density at radius 1 is 1.00 bits per heavy atom. The summed E-state index contributed by atoms with van der Waals surface area (Å²) in [7, 11) is 1.50. The third-order valence-corrected chi connectivity index (χ3v) is 5.17. The van der Waals surface area contributed by atoms with Crippen LogP contribution >= 0.6 is 15.9 Å². The summed E-state index contributed by atoms with van der Waals surface area (Å²) in [4.78, 5) is 25.7. The number of hydrogen-bond donors (Lipinski definition) is 3. The van der Waals surface area contributed by atoms with Crippen LogP contribution in [0.15, 0.2) is 77.3 Å². The van der Waals surface area contributed by atoms with Gasteiger partial charge in [0.05, 0.1) is 7.11 Å². The highest BCUT2D eigenvalue weighted by Gasteiger charge is 2.27. The summed E-state index contributed by atoms with van der Waals surface area (Å²) in [6.07, 6.45) is -0.727. The Bertz CT molecular complexity index is 1080. The molecule has 0 saturated carbocycles. The third kappa shape index (κ3) is 6.32. The van der Waals surface area contributed by atoms with Gasteiger partial charge in [0.25, 0.3) is 5.91 Å². The number of ether oxygens (including phenoxy) is 2. The molecular weight excluding hydrogens is 474 g/mol.